The van der Waals surface area contributed by atoms with Crippen LogP contribution in [0.25, 0.3) is 6.08 Å². The zero-order valence-electron chi connectivity index (χ0n) is 13.0. The van der Waals surface area contributed by atoms with Gasteiger partial charge in [-0.05, 0) is 60.4 Å². The number of para-hydroxylation sites is 1. The summed E-state index contributed by atoms with van der Waals surface area (Å²) in [5.74, 6) is -0.321. The van der Waals surface area contributed by atoms with Gasteiger partial charge in [-0.2, -0.15) is 0 Å². The predicted molar refractivity (Wildman–Crippen MR) is 97.6 cm³/mol. The van der Waals surface area contributed by atoms with Crippen molar-refractivity contribution < 1.29 is 9.59 Å². The Hall–Kier alpha value is -1.31. The first-order chi connectivity index (χ1) is 11.0. The van der Waals surface area contributed by atoms with E-state index in [2.05, 4.69) is 45.1 Å². The third-order valence-corrected chi connectivity index (χ3v) is 5.61. The molecule has 2 aliphatic heterocycles. The van der Waals surface area contributed by atoms with E-state index in [1.807, 2.05) is 18.2 Å². The molecule has 2 saturated heterocycles. The first-order valence-electron chi connectivity index (χ1n) is 7.40. The first-order valence-corrected chi connectivity index (χ1v) is 9.01. The zero-order valence-corrected chi connectivity index (χ0v) is 15.4. The normalized spacial score (nSPS) is 23.2. The van der Waals surface area contributed by atoms with Crippen molar-refractivity contribution in [3.63, 3.8) is 0 Å². The van der Waals surface area contributed by atoms with Gasteiger partial charge < -0.3 is 9.80 Å². The highest BCUT2D eigenvalue weighted by molar-refractivity contribution is 9.10. The molecule has 0 aromatic heterocycles. The number of carbonyl (C=O) groups excluding carboxylic acids is 2. The molecule has 0 radical (unpaired) electrons. The maximum atomic E-state index is 11.8. The second-order valence-corrected chi connectivity index (χ2v) is 7.75. The Morgan fingerprint density at radius 1 is 1.39 bits per heavy atom. The predicted octanol–water partition coefficient (Wildman–Crippen LogP) is 2.91. The number of nitrogens with one attached hydrogen (secondary N) is 1. The standard InChI is InChI=1S/C16H18BrN3O2S/c1-19(2)11-6-7-20(9-11)14-10(4-3-5-12(14)17)8-13-15(21)18-16(22)23-13/h3-5,8,11H,6-7,9H2,1-2H3,(H,18,21,22)/b13-8+. The molecule has 1 aromatic rings. The minimum atomic E-state index is -0.321. The molecule has 2 aliphatic rings. The molecule has 0 bridgehead atoms. The van der Waals surface area contributed by atoms with Gasteiger partial charge in [0.05, 0.1) is 10.6 Å². The second kappa shape index (κ2) is 6.67. The van der Waals surface area contributed by atoms with Gasteiger partial charge >= 0.3 is 0 Å². The molecular weight excluding hydrogens is 378 g/mol. The van der Waals surface area contributed by atoms with Crippen LogP contribution in [0.2, 0.25) is 0 Å². The highest BCUT2D eigenvalue weighted by Crippen LogP contribution is 2.36. The van der Waals surface area contributed by atoms with Gasteiger partial charge in [-0.15, -0.1) is 0 Å². The number of amides is 2. The fraction of sp³-hybridized carbons (Fsp3) is 0.375. The molecule has 2 amide bonds. The van der Waals surface area contributed by atoms with Crippen molar-refractivity contribution in [2.75, 3.05) is 32.1 Å². The summed E-state index contributed by atoms with van der Waals surface area (Å²) in [5.41, 5.74) is 2.03. The van der Waals surface area contributed by atoms with Crippen LogP contribution in [-0.2, 0) is 4.79 Å². The van der Waals surface area contributed by atoms with Crippen molar-refractivity contribution >= 4 is 50.6 Å². The summed E-state index contributed by atoms with van der Waals surface area (Å²) < 4.78 is 1.00. The molecule has 1 unspecified atom stereocenters. The maximum absolute atomic E-state index is 11.8. The SMILES string of the molecule is CN(C)C1CCN(c2c(Br)cccc2/C=C2/SC(=O)NC2=O)C1. The van der Waals surface area contributed by atoms with E-state index < -0.39 is 0 Å². The summed E-state index contributed by atoms with van der Waals surface area (Å²) >= 11 is 4.58. The van der Waals surface area contributed by atoms with Crippen molar-refractivity contribution in [2.24, 2.45) is 0 Å². The number of rotatable bonds is 3. The summed E-state index contributed by atoms with van der Waals surface area (Å²) in [6.07, 6.45) is 2.91. The van der Waals surface area contributed by atoms with Crippen LogP contribution in [0.15, 0.2) is 27.6 Å². The highest BCUT2D eigenvalue weighted by atomic mass is 79.9. The van der Waals surface area contributed by atoms with E-state index in [1.165, 1.54) is 0 Å². The number of imide groups is 1. The van der Waals surface area contributed by atoms with Crippen LogP contribution in [-0.4, -0.2) is 49.3 Å². The van der Waals surface area contributed by atoms with Crippen LogP contribution in [0.4, 0.5) is 10.5 Å². The molecule has 23 heavy (non-hydrogen) atoms. The largest absolute Gasteiger partial charge is 0.369 e. The van der Waals surface area contributed by atoms with E-state index in [0.29, 0.717) is 10.9 Å². The van der Waals surface area contributed by atoms with Crippen molar-refractivity contribution in [2.45, 2.75) is 12.5 Å². The van der Waals surface area contributed by atoms with Crippen LogP contribution in [0.3, 0.4) is 0 Å². The average Bonchev–Trinajstić information content (AvgIpc) is 3.07. The lowest BCUT2D eigenvalue weighted by Gasteiger charge is -2.24. The van der Waals surface area contributed by atoms with Crippen molar-refractivity contribution in [1.29, 1.82) is 0 Å². The van der Waals surface area contributed by atoms with E-state index in [4.69, 9.17) is 0 Å². The van der Waals surface area contributed by atoms with Crippen LogP contribution in [0, 0.1) is 0 Å². The molecule has 7 heteroatoms. The molecular formula is C16H18BrN3O2S. The summed E-state index contributed by atoms with van der Waals surface area (Å²) in [6.45, 7) is 1.92. The van der Waals surface area contributed by atoms with Crippen LogP contribution >= 0.6 is 27.7 Å². The van der Waals surface area contributed by atoms with Gasteiger partial charge in [0.25, 0.3) is 11.1 Å². The number of likely N-dealkylation sites (N-methyl/N-ethyl adjacent to an activating group) is 1. The lowest BCUT2D eigenvalue weighted by Crippen LogP contribution is -2.31. The number of benzene rings is 1. The quantitative estimate of drug-likeness (QED) is 0.797. The third-order valence-electron chi connectivity index (χ3n) is 4.16. The number of hydrogen-bond donors (Lipinski definition) is 1. The Morgan fingerprint density at radius 2 is 2.17 bits per heavy atom. The Morgan fingerprint density at radius 3 is 2.78 bits per heavy atom. The van der Waals surface area contributed by atoms with E-state index in [0.717, 1.165) is 47.0 Å². The smallest absolute Gasteiger partial charge is 0.290 e. The zero-order chi connectivity index (χ0) is 16.6. The number of carbonyl (C=O) groups is 2. The van der Waals surface area contributed by atoms with Crippen molar-refractivity contribution in [3.8, 4) is 0 Å². The van der Waals surface area contributed by atoms with Crippen LogP contribution < -0.4 is 10.2 Å². The Bertz CT molecular complexity index is 690. The lowest BCUT2D eigenvalue weighted by molar-refractivity contribution is -0.115. The fourth-order valence-corrected chi connectivity index (χ4v) is 4.22. The maximum Gasteiger partial charge on any atom is 0.290 e. The molecule has 0 saturated carbocycles. The van der Waals surface area contributed by atoms with E-state index >= 15 is 0 Å². The molecule has 122 valence electrons. The summed E-state index contributed by atoms with van der Waals surface area (Å²) in [5, 5.41) is 1.98. The Balaban J connectivity index is 1.94. The molecule has 5 nitrogen and oxygen atoms in total. The molecule has 1 atom stereocenters. The third kappa shape index (κ3) is 3.46. The van der Waals surface area contributed by atoms with Gasteiger partial charge in [0, 0.05) is 29.2 Å². The van der Waals surface area contributed by atoms with Gasteiger partial charge in [-0.1, -0.05) is 12.1 Å². The summed E-state index contributed by atoms with van der Waals surface area (Å²) in [4.78, 5) is 28.2. The van der Waals surface area contributed by atoms with Gasteiger partial charge in [0.15, 0.2) is 0 Å². The minimum absolute atomic E-state index is 0.313. The first kappa shape index (κ1) is 16.5. The van der Waals surface area contributed by atoms with Crippen molar-refractivity contribution in [1.82, 2.24) is 10.2 Å². The van der Waals surface area contributed by atoms with Gasteiger partial charge in [0.1, 0.15) is 0 Å². The number of anilines is 1. The molecule has 2 heterocycles. The molecule has 1 aromatic carbocycles. The van der Waals surface area contributed by atoms with Gasteiger partial charge in [-0.3, -0.25) is 14.9 Å². The lowest BCUT2D eigenvalue weighted by atomic mass is 10.1. The number of thioether (sulfide) groups is 1. The van der Waals surface area contributed by atoms with E-state index in [1.54, 1.807) is 6.08 Å². The minimum Gasteiger partial charge on any atom is -0.369 e. The molecule has 2 fully saturated rings. The van der Waals surface area contributed by atoms with Crippen molar-refractivity contribution in [3.05, 3.63) is 33.1 Å². The molecule has 1 N–H and O–H groups in total. The van der Waals surface area contributed by atoms with Gasteiger partial charge in [-0.25, -0.2) is 0 Å². The fourth-order valence-electron chi connectivity index (χ4n) is 2.91. The summed E-state index contributed by atoms with van der Waals surface area (Å²) in [6, 6.07) is 6.45. The summed E-state index contributed by atoms with van der Waals surface area (Å²) in [7, 11) is 4.20. The number of nitrogens with zero attached hydrogens (tertiary/aromatic N) is 2. The number of halogens is 1. The van der Waals surface area contributed by atoms with E-state index in [9.17, 15) is 9.59 Å². The van der Waals surface area contributed by atoms with Crippen LogP contribution in [0.5, 0.6) is 0 Å². The van der Waals surface area contributed by atoms with Crippen LogP contribution in [0.1, 0.15) is 12.0 Å². The number of hydrogen-bond acceptors (Lipinski definition) is 5. The molecule has 3 rings (SSSR count). The molecule has 0 aliphatic carbocycles. The van der Waals surface area contributed by atoms with E-state index in [-0.39, 0.29) is 11.1 Å². The molecule has 0 spiro atoms. The Kier molecular flexibility index (Phi) is 4.79. The van der Waals surface area contributed by atoms with Gasteiger partial charge in [0.2, 0.25) is 0 Å². The topological polar surface area (TPSA) is 52.6 Å². The second-order valence-electron chi connectivity index (χ2n) is 5.88. The Labute approximate surface area is 148 Å². The highest BCUT2D eigenvalue weighted by Gasteiger charge is 2.28. The average molecular weight is 396 g/mol. The monoisotopic (exact) mass is 395 g/mol.